The second-order valence-electron chi connectivity index (χ2n) is 4.29. The van der Waals surface area contributed by atoms with E-state index in [0.29, 0.717) is 0 Å². The number of alkyl halides is 3. The van der Waals surface area contributed by atoms with E-state index >= 15 is 0 Å². The molecule has 0 aliphatic carbocycles. The Bertz CT molecular complexity index is 613. The molecule has 1 amide bonds. The van der Waals surface area contributed by atoms with Gasteiger partial charge in [0.05, 0.1) is 5.69 Å². The van der Waals surface area contributed by atoms with Crippen molar-refractivity contribution in [3.63, 3.8) is 0 Å². The van der Waals surface area contributed by atoms with Crippen molar-refractivity contribution >= 4 is 25.6 Å². The second-order valence-corrected chi connectivity index (χ2v) is 6.80. The van der Waals surface area contributed by atoms with Crippen LogP contribution in [-0.2, 0) is 9.05 Å². The first-order valence-electron chi connectivity index (χ1n) is 5.87. The Hall–Kier alpha value is -1.29. The number of nitrogens with one attached hydrogen (secondary N) is 2. The SMILES string of the molecule is Cc1[nH]nc(C(=O)NCCCCC(F)(F)F)c1S(=O)(=O)Cl. The van der Waals surface area contributed by atoms with E-state index < -0.39 is 38.1 Å². The molecule has 6 nitrogen and oxygen atoms in total. The van der Waals surface area contributed by atoms with Crippen molar-refractivity contribution in [3.05, 3.63) is 11.4 Å². The maximum atomic E-state index is 11.9. The highest BCUT2D eigenvalue weighted by molar-refractivity contribution is 8.13. The molecule has 2 N–H and O–H groups in total. The molecule has 0 aliphatic heterocycles. The lowest BCUT2D eigenvalue weighted by atomic mass is 10.2. The van der Waals surface area contributed by atoms with Gasteiger partial charge in [0.25, 0.3) is 15.0 Å². The van der Waals surface area contributed by atoms with E-state index in [0.717, 1.165) is 0 Å². The Labute approximate surface area is 123 Å². The molecule has 11 heteroatoms. The van der Waals surface area contributed by atoms with E-state index in [4.69, 9.17) is 10.7 Å². The molecule has 1 heterocycles. The molecule has 120 valence electrons. The number of amides is 1. The number of aromatic nitrogens is 2. The minimum absolute atomic E-state index is 0.0252. The summed E-state index contributed by atoms with van der Waals surface area (Å²) in [6, 6.07) is 0. The summed E-state index contributed by atoms with van der Waals surface area (Å²) < 4.78 is 58.4. The summed E-state index contributed by atoms with van der Waals surface area (Å²) in [4.78, 5) is 11.3. The number of aryl methyl sites for hydroxylation is 1. The number of hydrogen-bond acceptors (Lipinski definition) is 4. The highest BCUT2D eigenvalue weighted by Gasteiger charge is 2.27. The van der Waals surface area contributed by atoms with Crippen molar-refractivity contribution in [1.82, 2.24) is 15.5 Å². The van der Waals surface area contributed by atoms with Crippen molar-refractivity contribution in [2.75, 3.05) is 6.54 Å². The van der Waals surface area contributed by atoms with Gasteiger partial charge in [-0.15, -0.1) is 0 Å². The molecule has 21 heavy (non-hydrogen) atoms. The molecule has 0 aromatic carbocycles. The third kappa shape index (κ3) is 5.54. The number of hydrogen-bond donors (Lipinski definition) is 2. The van der Waals surface area contributed by atoms with Crippen LogP contribution in [-0.4, -0.2) is 37.2 Å². The fraction of sp³-hybridized carbons (Fsp3) is 0.600. The van der Waals surface area contributed by atoms with E-state index in [-0.39, 0.29) is 25.1 Å². The Morgan fingerprint density at radius 2 is 2.00 bits per heavy atom. The van der Waals surface area contributed by atoms with Crippen LogP contribution in [0.3, 0.4) is 0 Å². The van der Waals surface area contributed by atoms with Crippen LogP contribution in [0.2, 0.25) is 0 Å². The van der Waals surface area contributed by atoms with Crippen LogP contribution in [0.4, 0.5) is 13.2 Å². The van der Waals surface area contributed by atoms with Gasteiger partial charge in [-0.2, -0.15) is 18.3 Å². The molecule has 1 aromatic rings. The van der Waals surface area contributed by atoms with E-state index in [1.54, 1.807) is 0 Å². The number of unbranched alkanes of at least 4 members (excludes halogenated alkanes) is 1. The van der Waals surface area contributed by atoms with Gasteiger partial charge < -0.3 is 5.32 Å². The Balaban J connectivity index is 2.58. The van der Waals surface area contributed by atoms with E-state index in [2.05, 4.69) is 15.5 Å². The predicted octanol–water partition coefficient (Wildman–Crippen LogP) is 2.11. The number of halogens is 4. The highest BCUT2D eigenvalue weighted by Crippen LogP contribution is 2.23. The van der Waals surface area contributed by atoms with Gasteiger partial charge in [-0.3, -0.25) is 9.89 Å². The van der Waals surface area contributed by atoms with Gasteiger partial charge in [-0.25, -0.2) is 8.42 Å². The highest BCUT2D eigenvalue weighted by atomic mass is 35.7. The predicted molar refractivity (Wildman–Crippen MR) is 68.6 cm³/mol. The fourth-order valence-electron chi connectivity index (χ4n) is 1.61. The summed E-state index contributed by atoms with van der Waals surface area (Å²) in [5, 5.41) is 8.16. The van der Waals surface area contributed by atoms with Crippen LogP contribution < -0.4 is 5.32 Å². The van der Waals surface area contributed by atoms with E-state index in [1.165, 1.54) is 6.92 Å². The van der Waals surface area contributed by atoms with Crippen LogP contribution in [0, 0.1) is 6.92 Å². The monoisotopic (exact) mass is 347 g/mol. The number of carbonyl (C=O) groups excluding carboxylic acids is 1. The largest absolute Gasteiger partial charge is 0.389 e. The minimum Gasteiger partial charge on any atom is -0.351 e. The molecular formula is C10H13ClF3N3O3S. The van der Waals surface area contributed by atoms with Crippen molar-refractivity contribution in [2.24, 2.45) is 0 Å². The summed E-state index contributed by atoms with van der Waals surface area (Å²) in [6.45, 7) is 1.35. The molecule has 0 saturated heterocycles. The topological polar surface area (TPSA) is 91.9 Å². The van der Waals surface area contributed by atoms with Gasteiger partial charge in [0.1, 0.15) is 4.90 Å². The molecule has 0 bridgehead atoms. The molecule has 0 unspecified atom stereocenters. The first-order chi connectivity index (χ1) is 9.52. The van der Waals surface area contributed by atoms with Crippen LogP contribution in [0.1, 0.15) is 35.4 Å². The number of aromatic amines is 1. The molecule has 0 atom stereocenters. The first-order valence-corrected chi connectivity index (χ1v) is 8.18. The maximum absolute atomic E-state index is 11.9. The van der Waals surface area contributed by atoms with Crippen molar-refractivity contribution < 1.29 is 26.4 Å². The number of H-pyrrole nitrogens is 1. The minimum atomic E-state index is -4.23. The van der Waals surface area contributed by atoms with Crippen LogP contribution >= 0.6 is 10.7 Å². The zero-order chi connectivity index (χ0) is 16.3. The zero-order valence-electron chi connectivity index (χ0n) is 10.9. The Morgan fingerprint density at radius 1 is 1.38 bits per heavy atom. The lowest BCUT2D eigenvalue weighted by Gasteiger charge is -2.06. The van der Waals surface area contributed by atoms with Crippen molar-refractivity contribution in [1.29, 1.82) is 0 Å². The molecule has 0 saturated carbocycles. The standard InChI is InChI=1S/C10H13ClF3N3O3S/c1-6-8(21(11,19)20)7(17-16-6)9(18)15-5-3-2-4-10(12,13)14/h2-5H2,1H3,(H,15,18)(H,16,17). The molecule has 0 fully saturated rings. The normalized spacial score (nSPS) is 12.4. The van der Waals surface area contributed by atoms with Gasteiger partial charge in [-0.1, -0.05) is 0 Å². The summed E-state index contributed by atoms with van der Waals surface area (Å²) in [5.74, 6) is -0.814. The van der Waals surface area contributed by atoms with Crippen LogP contribution in [0.15, 0.2) is 4.90 Å². The molecule has 0 aliphatic rings. The molecular weight excluding hydrogens is 335 g/mol. The zero-order valence-corrected chi connectivity index (χ0v) is 12.5. The van der Waals surface area contributed by atoms with Gasteiger partial charge in [0.2, 0.25) is 0 Å². The Morgan fingerprint density at radius 3 is 2.52 bits per heavy atom. The van der Waals surface area contributed by atoms with Crippen LogP contribution in [0.5, 0.6) is 0 Å². The fourth-order valence-corrected chi connectivity index (χ4v) is 2.95. The smallest absolute Gasteiger partial charge is 0.351 e. The summed E-state index contributed by atoms with van der Waals surface area (Å²) in [7, 11) is 1.04. The summed E-state index contributed by atoms with van der Waals surface area (Å²) in [5.41, 5.74) is -0.300. The third-order valence-electron chi connectivity index (χ3n) is 2.52. The number of carbonyl (C=O) groups is 1. The summed E-state index contributed by atoms with van der Waals surface area (Å²) >= 11 is 0. The molecule has 0 radical (unpaired) electrons. The van der Waals surface area contributed by atoms with Crippen LogP contribution in [0.25, 0.3) is 0 Å². The maximum Gasteiger partial charge on any atom is 0.389 e. The molecule has 1 aromatic heterocycles. The lowest BCUT2D eigenvalue weighted by Crippen LogP contribution is -2.26. The quantitative estimate of drug-likeness (QED) is 0.609. The van der Waals surface area contributed by atoms with E-state index in [9.17, 15) is 26.4 Å². The third-order valence-corrected chi connectivity index (χ3v) is 3.97. The summed E-state index contributed by atoms with van der Waals surface area (Å²) in [6.07, 6.45) is -5.20. The molecule has 1 rings (SSSR count). The average molecular weight is 348 g/mol. The molecule has 0 spiro atoms. The van der Waals surface area contributed by atoms with Gasteiger partial charge >= 0.3 is 6.18 Å². The average Bonchev–Trinajstić information content (AvgIpc) is 2.68. The number of nitrogens with zero attached hydrogens (tertiary/aromatic N) is 1. The van der Waals surface area contributed by atoms with Gasteiger partial charge in [0, 0.05) is 23.6 Å². The second kappa shape index (κ2) is 6.65. The van der Waals surface area contributed by atoms with Gasteiger partial charge in [0.15, 0.2) is 5.69 Å². The van der Waals surface area contributed by atoms with Crippen molar-refractivity contribution in [3.8, 4) is 0 Å². The lowest BCUT2D eigenvalue weighted by molar-refractivity contribution is -0.135. The van der Waals surface area contributed by atoms with E-state index in [1.807, 2.05) is 0 Å². The number of rotatable bonds is 6. The Kier molecular flexibility index (Phi) is 5.62. The first kappa shape index (κ1) is 17.8. The van der Waals surface area contributed by atoms with Crippen molar-refractivity contribution in [2.45, 2.75) is 37.3 Å². The van der Waals surface area contributed by atoms with Gasteiger partial charge in [-0.05, 0) is 19.8 Å².